The van der Waals surface area contributed by atoms with Crippen molar-refractivity contribution in [3.8, 4) is 11.5 Å². The molecule has 1 aromatic rings. The fourth-order valence-corrected chi connectivity index (χ4v) is 1.16. The van der Waals surface area contributed by atoms with Gasteiger partial charge in [-0.2, -0.15) is 0 Å². The second-order valence-corrected chi connectivity index (χ2v) is 2.48. The molecule has 1 aromatic carbocycles. The summed E-state index contributed by atoms with van der Waals surface area (Å²) in [5, 5.41) is 9.13. The Morgan fingerprint density at radius 1 is 1.50 bits per heavy atom. The summed E-state index contributed by atoms with van der Waals surface area (Å²) in [6, 6.07) is 2.20. The summed E-state index contributed by atoms with van der Waals surface area (Å²) in [6.07, 6.45) is 0. The van der Waals surface area contributed by atoms with Gasteiger partial charge < -0.3 is 9.84 Å². The minimum Gasteiger partial charge on any atom is -0.504 e. The molecule has 62 valence electrons. The van der Waals surface area contributed by atoms with Gasteiger partial charge in [0.2, 0.25) is 5.78 Å². The van der Waals surface area contributed by atoms with Crippen LogP contribution in [0.2, 0.25) is 0 Å². The number of ether oxygens (including phenoxy) is 1. The number of carbonyl (C=O) groups excluding carboxylic acids is 1. The van der Waals surface area contributed by atoms with Crippen LogP contribution in [-0.2, 0) is 0 Å². The molecule has 0 spiro atoms. The largest absolute Gasteiger partial charge is 0.504 e. The molecule has 0 fully saturated rings. The average molecular weight is 168 g/mol. The first-order chi connectivity index (χ1) is 5.70. The normalized spacial score (nSPS) is 14.2. The van der Waals surface area contributed by atoms with E-state index in [-0.39, 0.29) is 23.7 Å². The molecule has 0 saturated heterocycles. The molecule has 2 rings (SSSR count). The molecular formula is C8H5FO3. The Morgan fingerprint density at radius 3 is 2.92 bits per heavy atom. The van der Waals surface area contributed by atoms with Gasteiger partial charge in [0, 0.05) is 0 Å². The van der Waals surface area contributed by atoms with Gasteiger partial charge in [-0.05, 0) is 12.1 Å². The van der Waals surface area contributed by atoms with Crippen molar-refractivity contribution in [2.24, 2.45) is 0 Å². The Labute approximate surface area is 67.4 Å². The minimum absolute atomic E-state index is 0.0417. The van der Waals surface area contributed by atoms with E-state index < -0.39 is 11.6 Å². The van der Waals surface area contributed by atoms with E-state index in [9.17, 15) is 9.18 Å². The molecule has 0 atom stereocenters. The summed E-state index contributed by atoms with van der Waals surface area (Å²) < 4.78 is 17.7. The second kappa shape index (κ2) is 2.20. The van der Waals surface area contributed by atoms with E-state index in [1.54, 1.807) is 0 Å². The van der Waals surface area contributed by atoms with Gasteiger partial charge in [0.15, 0.2) is 18.1 Å². The van der Waals surface area contributed by atoms with Crippen LogP contribution in [-0.4, -0.2) is 17.5 Å². The van der Waals surface area contributed by atoms with Crippen LogP contribution in [0.1, 0.15) is 10.4 Å². The molecule has 0 aromatic heterocycles. The first-order valence-electron chi connectivity index (χ1n) is 3.37. The number of fused-ring (bicyclic) bond motifs is 1. The maximum atomic E-state index is 12.9. The van der Waals surface area contributed by atoms with Crippen LogP contribution in [0.4, 0.5) is 4.39 Å². The molecular weight excluding hydrogens is 163 g/mol. The summed E-state index contributed by atoms with van der Waals surface area (Å²) in [5.74, 6) is -1.32. The van der Waals surface area contributed by atoms with Gasteiger partial charge in [0.25, 0.3) is 0 Å². The lowest BCUT2D eigenvalue weighted by Crippen LogP contribution is -2.00. The lowest BCUT2D eigenvalue weighted by Gasteiger charge is -1.99. The fourth-order valence-electron chi connectivity index (χ4n) is 1.16. The average Bonchev–Trinajstić information content (AvgIpc) is 2.42. The number of hydrogen-bond acceptors (Lipinski definition) is 3. The molecule has 12 heavy (non-hydrogen) atoms. The summed E-state index contributed by atoms with van der Waals surface area (Å²) in [6.45, 7) is -0.191. The lowest BCUT2D eigenvalue weighted by molar-refractivity contribution is 0.0958. The third-order valence-corrected chi connectivity index (χ3v) is 1.71. The topological polar surface area (TPSA) is 46.5 Å². The zero-order chi connectivity index (χ0) is 8.72. The Balaban J connectivity index is 2.72. The van der Waals surface area contributed by atoms with E-state index in [2.05, 4.69) is 0 Å². The highest BCUT2D eigenvalue weighted by atomic mass is 19.1. The van der Waals surface area contributed by atoms with Crippen LogP contribution in [0, 0.1) is 5.82 Å². The molecule has 1 N–H and O–H groups in total. The molecule has 4 heteroatoms. The number of Topliss-reactive ketones (excluding diaryl/α,β-unsaturated/α-hetero) is 1. The number of hydrogen-bond donors (Lipinski definition) is 1. The quantitative estimate of drug-likeness (QED) is 0.631. The number of aromatic hydroxyl groups is 1. The Kier molecular flexibility index (Phi) is 1.30. The number of rotatable bonds is 0. The summed E-state index contributed by atoms with van der Waals surface area (Å²) in [7, 11) is 0. The van der Waals surface area contributed by atoms with Gasteiger partial charge >= 0.3 is 0 Å². The van der Waals surface area contributed by atoms with Gasteiger partial charge in [0.05, 0.1) is 0 Å². The molecule has 0 unspecified atom stereocenters. The summed E-state index contributed by atoms with van der Waals surface area (Å²) in [5.41, 5.74) is -0.144. The number of phenols is 1. The van der Waals surface area contributed by atoms with E-state index >= 15 is 0 Å². The van der Waals surface area contributed by atoms with Crippen LogP contribution in [0.3, 0.4) is 0 Å². The van der Waals surface area contributed by atoms with Crippen LogP contribution in [0.15, 0.2) is 12.1 Å². The number of halogens is 1. The van der Waals surface area contributed by atoms with Crippen molar-refractivity contribution in [3.05, 3.63) is 23.5 Å². The minimum atomic E-state index is -0.648. The highest BCUT2D eigenvalue weighted by Crippen LogP contribution is 2.35. The third kappa shape index (κ3) is 0.777. The van der Waals surface area contributed by atoms with Gasteiger partial charge in [-0.25, -0.2) is 4.39 Å². The number of benzene rings is 1. The first kappa shape index (κ1) is 7.09. The van der Waals surface area contributed by atoms with E-state index in [0.29, 0.717) is 0 Å². The SMILES string of the molecule is O=C1COc2c(O)ccc(F)c21. The van der Waals surface area contributed by atoms with E-state index in [1.807, 2.05) is 0 Å². The maximum Gasteiger partial charge on any atom is 0.207 e. The molecule has 1 aliphatic heterocycles. The smallest absolute Gasteiger partial charge is 0.207 e. The standard InChI is InChI=1S/C8H5FO3/c9-4-1-2-5(10)8-7(4)6(11)3-12-8/h1-2,10H,3H2. The number of ketones is 1. The van der Waals surface area contributed by atoms with Crippen molar-refractivity contribution in [3.63, 3.8) is 0 Å². The molecule has 0 amide bonds. The van der Waals surface area contributed by atoms with Crippen molar-refractivity contribution >= 4 is 5.78 Å². The number of phenolic OH excluding ortho intramolecular Hbond substituents is 1. The van der Waals surface area contributed by atoms with Gasteiger partial charge in [-0.1, -0.05) is 0 Å². The molecule has 1 aliphatic rings. The molecule has 0 aliphatic carbocycles. The molecule has 0 radical (unpaired) electrons. The zero-order valence-electron chi connectivity index (χ0n) is 6.00. The molecule has 3 nitrogen and oxygen atoms in total. The summed E-state index contributed by atoms with van der Waals surface area (Å²) >= 11 is 0. The van der Waals surface area contributed by atoms with E-state index in [4.69, 9.17) is 9.84 Å². The second-order valence-electron chi connectivity index (χ2n) is 2.48. The van der Waals surface area contributed by atoms with Crippen LogP contribution in [0.25, 0.3) is 0 Å². The van der Waals surface area contributed by atoms with Crippen molar-refractivity contribution in [2.45, 2.75) is 0 Å². The zero-order valence-corrected chi connectivity index (χ0v) is 6.00. The van der Waals surface area contributed by atoms with Gasteiger partial charge in [0.1, 0.15) is 11.4 Å². The molecule has 0 bridgehead atoms. The predicted octanol–water partition coefficient (Wildman–Crippen LogP) is 1.11. The third-order valence-electron chi connectivity index (χ3n) is 1.71. The summed E-state index contributed by atoms with van der Waals surface area (Å²) in [4.78, 5) is 11.0. The Morgan fingerprint density at radius 2 is 2.25 bits per heavy atom. The van der Waals surface area contributed by atoms with Crippen molar-refractivity contribution in [1.82, 2.24) is 0 Å². The fraction of sp³-hybridized carbons (Fsp3) is 0.125. The van der Waals surface area contributed by atoms with Crippen LogP contribution >= 0.6 is 0 Å². The van der Waals surface area contributed by atoms with Crippen LogP contribution in [0.5, 0.6) is 11.5 Å². The highest BCUT2D eigenvalue weighted by Gasteiger charge is 2.27. The predicted molar refractivity (Wildman–Crippen MR) is 37.9 cm³/mol. The van der Waals surface area contributed by atoms with E-state index in [1.165, 1.54) is 0 Å². The lowest BCUT2D eigenvalue weighted by atomic mass is 10.1. The van der Waals surface area contributed by atoms with Gasteiger partial charge in [-0.3, -0.25) is 4.79 Å². The first-order valence-corrected chi connectivity index (χ1v) is 3.37. The van der Waals surface area contributed by atoms with Crippen LogP contribution < -0.4 is 4.74 Å². The molecule has 1 heterocycles. The number of carbonyl (C=O) groups is 1. The van der Waals surface area contributed by atoms with Gasteiger partial charge in [-0.15, -0.1) is 0 Å². The molecule has 0 saturated carbocycles. The monoisotopic (exact) mass is 168 g/mol. The highest BCUT2D eigenvalue weighted by molar-refractivity contribution is 6.03. The van der Waals surface area contributed by atoms with E-state index in [0.717, 1.165) is 12.1 Å². The maximum absolute atomic E-state index is 12.9. The van der Waals surface area contributed by atoms with Crippen molar-refractivity contribution in [2.75, 3.05) is 6.61 Å². The van der Waals surface area contributed by atoms with Crippen molar-refractivity contribution < 1.29 is 19.0 Å². The Bertz CT molecular complexity index is 360. The van der Waals surface area contributed by atoms with Crippen molar-refractivity contribution in [1.29, 1.82) is 0 Å². The Hall–Kier alpha value is -1.58.